The van der Waals surface area contributed by atoms with Crippen LogP contribution in [0.1, 0.15) is 20.8 Å². The molecular weight excluding hydrogens is 394 g/mol. The molecule has 0 aliphatic carbocycles. The van der Waals surface area contributed by atoms with E-state index >= 15 is 0 Å². The smallest absolute Gasteiger partial charge is 0.243 e. The van der Waals surface area contributed by atoms with Gasteiger partial charge in [-0.2, -0.15) is 4.31 Å². The lowest BCUT2D eigenvalue weighted by molar-refractivity contribution is -0.116. The topological polar surface area (TPSA) is 105 Å². The molecule has 0 spiro atoms. The first-order valence-corrected chi connectivity index (χ1v) is 10.6. The van der Waals surface area contributed by atoms with E-state index < -0.39 is 15.9 Å². The molecule has 9 heteroatoms. The number of hydrogen-bond donors (Lipinski definition) is 2. The van der Waals surface area contributed by atoms with Gasteiger partial charge in [-0.25, -0.2) is 8.42 Å². The van der Waals surface area contributed by atoms with Crippen LogP contribution in [0.2, 0.25) is 0 Å². The number of benzene rings is 2. The second-order valence-electron chi connectivity index (χ2n) is 6.14. The molecule has 0 bridgehead atoms. The van der Waals surface area contributed by atoms with E-state index in [1.165, 1.54) is 19.1 Å². The summed E-state index contributed by atoms with van der Waals surface area (Å²) in [6.07, 6.45) is 0. The lowest BCUT2D eigenvalue weighted by Gasteiger charge is -2.20. The van der Waals surface area contributed by atoms with Crippen molar-refractivity contribution in [2.45, 2.75) is 25.7 Å². The van der Waals surface area contributed by atoms with Crippen LogP contribution >= 0.6 is 0 Å². The third-order valence-electron chi connectivity index (χ3n) is 3.93. The first kappa shape index (κ1) is 22.4. The average Bonchev–Trinajstić information content (AvgIpc) is 2.68. The zero-order valence-corrected chi connectivity index (χ0v) is 17.5. The summed E-state index contributed by atoms with van der Waals surface area (Å²) < 4.78 is 32.1. The average molecular weight is 420 g/mol. The van der Waals surface area contributed by atoms with Gasteiger partial charge < -0.3 is 15.4 Å². The summed E-state index contributed by atoms with van der Waals surface area (Å²) in [5.74, 6) is -0.0801. The Hall–Kier alpha value is -2.91. The third kappa shape index (κ3) is 6.30. The molecule has 0 saturated heterocycles. The van der Waals surface area contributed by atoms with Gasteiger partial charge in [0.15, 0.2) is 0 Å². The summed E-state index contributed by atoms with van der Waals surface area (Å²) in [4.78, 5) is 23.5. The van der Waals surface area contributed by atoms with Crippen LogP contribution in [0.5, 0.6) is 5.75 Å². The molecule has 29 heavy (non-hydrogen) atoms. The SMILES string of the molecule is CCOc1ccc(S(=O)(=O)N(CC)CC(=O)Nc2ccc(NC(C)=O)cc2)cc1. The van der Waals surface area contributed by atoms with E-state index in [0.29, 0.717) is 23.7 Å². The number of carbonyl (C=O) groups excluding carboxylic acids is 2. The molecule has 0 aromatic heterocycles. The van der Waals surface area contributed by atoms with Crippen LogP contribution in [0.4, 0.5) is 11.4 Å². The first-order valence-electron chi connectivity index (χ1n) is 9.16. The normalized spacial score (nSPS) is 11.2. The summed E-state index contributed by atoms with van der Waals surface area (Å²) in [6, 6.07) is 12.6. The highest BCUT2D eigenvalue weighted by Gasteiger charge is 2.25. The Balaban J connectivity index is 2.05. The van der Waals surface area contributed by atoms with Crippen molar-refractivity contribution in [3.63, 3.8) is 0 Å². The van der Waals surface area contributed by atoms with Gasteiger partial charge in [0, 0.05) is 24.8 Å². The van der Waals surface area contributed by atoms with Crippen molar-refractivity contribution in [3.05, 3.63) is 48.5 Å². The fraction of sp³-hybridized carbons (Fsp3) is 0.300. The molecule has 2 rings (SSSR count). The zero-order valence-electron chi connectivity index (χ0n) is 16.6. The van der Waals surface area contributed by atoms with Crippen molar-refractivity contribution in [1.82, 2.24) is 4.31 Å². The van der Waals surface area contributed by atoms with Gasteiger partial charge >= 0.3 is 0 Å². The van der Waals surface area contributed by atoms with E-state index in [1.807, 2.05) is 6.92 Å². The maximum atomic E-state index is 12.8. The Morgan fingerprint density at radius 1 is 0.931 bits per heavy atom. The molecule has 0 radical (unpaired) electrons. The Labute approximate surface area is 170 Å². The predicted octanol–water partition coefficient (Wildman–Crippen LogP) is 2.69. The van der Waals surface area contributed by atoms with Crippen LogP contribution < -0.4 is 15.4 Å². The Kier molecular flexibility index (Phi) is 7.74. The highest BCUT2D eigenvalue weighted by molar-refractivity contribution is 7.89. The zero-order chi connectivity index (χ0) is 21.4. The van der Waals surface area contributed by atoms with E-state index in [0.717, 1.165) is 4.31 Å². The minimum Gasteiger partial charge on any atom is -0.494 e. The number of ether oxygens (including phenoxy) is 1. The monoisotopic (exact) mass is 419 g/mol. The summed E-state index contributed by atoms with van der Waals surface area (Å²) in [6.45, 7) is 5.22. The minimum atomic E-state index is -3.82. The molecular formula is C20H25N3O5S. The van der Waals surface area contributed by atoms with Crippen LogP contribution in [0, 0.1) is 0 Å². The van der Waals surface area contributed by atoms with Crippen molar-refractivity contribution < 1.29 is 22.7 Å². The number of nitrogens with zero attached hydrogens (tertiary/aromatic N) is 1. The van der Waals surface area contributed by atoms with Crippen LogP contribution in [0.25, 0.3) is 0 Å². The third-order valence-corrected chi connectivity index (χ3v) is 5.87. The first-order chi connectivity index (χ1) is 13.8. The molecule has 0 fully saturated rings. The molecule has 0 heterocycles. The van der Waals surface area contributed by atoms with Crippen LogP contribution in [0.3, 0.4) is 0 Å². The minimum absolute atomic E-state index is 0.0928. The highest BCUT2D eigenvalue weighted by atomic mass is 32.2. The molecule has 0 aliphatic rings. The van der Waals surface area contributed by atoms with Crippen molar-refractivity contribution in [1.29, 1.82) is 0 Å². The molecule has 0 unspecified atom stereocenters. The molecule has 2 N–H and O–H groups in total. The van der Waals surface area contributed by atoms with Crippen LogP contribution in [0.15, 0.2) is 53.4 Å². The van der Waals surface area contributed by atoms with E-state index in [1.54, 1.807) is 43.3 Å². The molecule has 2 amide bonds. The van der Waals surface area contributed by atoms with E-state index in [2.05, 4.69) is 10.6 Å². The summed E-state index contributed by atoms with van der Waals surface area (Å²) in [7, 11) is -3.82. The van der Waals surface area contributed by atoms with Gasteiger partial charge in [-0.1, -0.05) is 6.92 Å². The van der Waals surface area contributed by atoms with E-state index in [9.17, 15) is 18.0 Å². The number of rotatable bonds is 9. The number of sulfonamides is 1. The molecule has 0 saturated carbocycles. The number of hydrogen-bond acceptors (Lipinski definition) is 5. The lowest BCUT2D eigenvalue weighted by Crippen LogP contribution is -2.37. The largest absolute Gasteiger partial charge is 0.494 e. The number of nitrogens with one attached hydrogen (secondary N) is 2. The summed E-state index contributed by atoms with van der Waals surface area (Å²) in [5, 5.41) is 5.29. The number of anilines is 2. The lowest BCUT2D eigenvalue weighted by atomic mass is 10.2. The highest BCUT2D eigenvalue weighted by Crippen LogP contribution is 2.20. The Morgan fingerprint density at radius 2 is 1.48 bits per heavy atom. The van der Waals surface area contributed by atoms with Gasteiger partial charge in [0.25, 0.3) is 0 Å². The molecule has 0 aliphatic heterocycles. The standard InChI is InChI=1S/C20H25N3O5S/c1-4-23(29(26,27)19-12-10-18(11-13-19)28-5-2)14-20(25)22-17-8-6-16(7-9-17)21-15(3)24/h6-13H,4-5,14H2,1-3H3,(H,21,24)(H,22,25). The van der Waals surface area contributed by atoms with Gasteiger partial charge in [-0.05, 0) is 55.5 Å². The van der Waals surface area contributed by atoms with E-state index in [-0.39, 0.29) is 23.9 Å². The maximum absolute atomic E-state index is 12.8. The number of likely N-dealkylation sites (N-methyl/N-ethyl adjacent to an activating group) is 1. The van der Waals surface area contributed by atoms with E-state index in [4.69, 9.17) is 4.74 Å². The summed E-state index contributed by atoms with van der Waals surface area (Å²) >= 11 is 0. The van der Waals surface area contributed by atoms with Gasteiger partial charge in [0.05, 0.1) is 18.0 Å². The van der Waals surface area contributed by atoms with Gasteiger partial charge in [0.1, 0.15) is 5.75 Å². The molecule has 156 valence electrons. The fourth-order valence-corrected chi connectivity index (χ4v) is 4.00. The maximum Gasteiger partial charge on any atom is 0.243 e. The van der Waals surface area contributed by atoms with Crippen LogP contribution in [-0.2, 0) is 19.6 Å². The molecule has 2 aromatic rings. The van der Waals surface area contributed by atoms with Crippen molar-refractivity contribution in [2.24, 2.45) is 0 Å². The Morgan fingerprint density at radius 3 is 1.97 bits per heavy atom. The number of carbonyl (C=O) groups is 2. The Bertz CT molecular complexity index is 941. The second-order valence-corrected chi connectivity index (χ2v) is 8.08. The molecule has 8 nitrogen and oxygen atoms in total. The molecule has 0 atom stereocenters. The fourth-order valence-electron chi connectivity index (χ4n) is 2.59. The number of amides is 2. The van der Waals surface area contributed by atoms with Gasteiger partial charge in [-0.15, -0.1) is 0 Å². The summed E-state index contributed by atoms with van der Waals surface area (Å²) in [5.41, 5.74) is 1.10. The quantitative estimate of drug-likeness (QED) is 0.650. The van der Waals surface area contributed by atoms with Crippen molar-refractivity contribution >= 4 is 33.2 Å². The predicted molar refractivity (Wildman–Crippen MR) is 111 cm³/mol. The van der Waals surface area contributed by atoms with Gasteiger partial charge in [-0.3, -0.25) is 9.59 Å². The molecule has 2 aromatic carbocycles. The van der Waals surface area contributed by atoms with Crippen molar-refractivity contribution in [2.75, 3.05) is 30.3 Å². The second kappa shape index (κ2) is 10.0. The van der Waals surface area contributed by atoms with Crippen LogP contribution in [-0.4, -0.2) is 44.2 Å². The van der Waals surface area contributed by atoms with Gasteiger partial charge in [0.2, 0.25) is 21.8 Å². The van der Waals surface area contributed by atoms with Crippen molar-refractivity contribution in [3.8, 4) is 5.75 Å².